The lowest BCUT2D eigenvalue weighted by Gasteiger charge is -2.22. The van der Waals surface area contributed by atoms with Gasteiger partial charge in [0.1, 0.15) is 54.5 Å². The Labute approximate surface area is 351 Å². The minimum absolute atomic E-state index is 0.0337. The largest absolute Gasteiger partial charge is 0.496 e. The Morgan fingerprint density at radius 3 is 1.37 bits per heavy atom. The van der Waals surface area contributed by atoms with E-state index < -0.39 is 30.4 Å². The van der Waals surface area contributed by atoms with Crippen LogP contribution >= 0.6 is 30.2 Å². The van der Waals surface area contributed by atoms with Gasteiger partial charge in [0.25, 0.3) is 0 Å². The number of benzene rings is 2. The highest BCUT2D eigenvalue weighted by atomic mass is 79.9. The topological polar surface area (TPSA) is 153 Å². The summed E-state index contributed by atoms with van der Waals surface area (Å²) in [5.74, 6) is 1.76. The second-order valence-corrected chi connectivity index (χ2v) is 37.2. The number of aliphatic hydroxyl groups excluding tert-OH is 1. The van der Waals surface area contributed by atoms with E-state index in [9.17, 15) is 23.8 Å². The van der Waals surface area contributed by atoms with Crippen molar-refractivity contribution in [3.05, 3.63) is 44.5 Å². The number of carbonyl (C=O) groups is 2. The zero-order chi connectivity index (χ0) is 43.5. The van der Waals surface area contributed by atoms with Gasteiger partial charge in [-0.15, -0.1) is 0 Å². The first kappa shape index (κ1) is 51.0. The molecule has 0 bridgehead atoms. The van der Waals surface area contributed by atoms with Crippen LogP contribution < -0.4 is 18.9 Å². The molecule has 0 aliphatic carbocycles. The van der Waals surface area contributed by atoms with Gasteiger partial charge in [-0.2, -0.15) is 0 Å². The monoisotopic (exact) mass is 936 g/mol. The summed E-state index contributed by atoms with van der Waals surface area (Å²) in [6.07, 6.45) is 1.12. The molecule has 2 aliphatic rings. The maximum atomic E-state index is 12.4. The van der Waals surface area contributed by atoms with Crippen molar-refractivity contribution in [2.24, 2.45) is 0 Å². The quantitative estimate of drug-likeness (QED) is 0.0498. The number of hydrogen-bond acceptors (Lipinski definition) is 12. The first-order valence-electron chi connectivity index (χ1n) is 19.2. The normalized spacial score (nSPS) is 13.7. The molecule has 0 aromatic heterocycles. The molecular formula is C40H67BrO12P2Si2. The number of rotatable bonds is 18. The maximum absolute atomic E-state index is 12.4. The average Bonchev–Trinajstić information content (AvgIpc) is 3.67. The lowest BCUT2D eigenvalue weighted by atomic mass is 9.95. The molecule has 0 amide bonds. The fraction of sp³-hybridized carbons (Fsp3) is 0.650. The number of ether oxygens (including phenoxy) is 7. The van der Waals surface area contributed by atoms with E-state index in [0.717, 1.165) is 45.5 Å². The third kappa shape index (κ3) is 15.8. The van der Waals surface area contributed by atoms with E-state index in [1.165, 1.54) is 0 Å². The Morgan fingerprint density at radius 1 is 0.667 bits per heavy atom. The number of carbonyl (C=O) groups excluding carboxylic acids is 2. The second-order valence-electron chi connectivity index (χ2n) is 17.6. The fourth-order valence-electron chi connectivity index (χ4n) is 5.91. The Balaban J connectivity index is 0.000000349. The number of fused-ring (bicyclic) bond motifs is 2. The first-order valence-corrected chi connectivity index (χ1v) is 33.3. The molecule has 2 aliphatic heterocycles. The summed E-state index contributed by atoms with van der Waals surface area (Å²) in [5, 5.41) is 10.0. The van der Waals surface area contributed by atoms with Crippen molar-refractivity contribution in [2.75, 3.05) is 78.7 Å². The minimum atomic E-state index is -2.24. The van der Waals surface area contributed by atoms with Crippen LogP contribution in [0.3, 0.4) is 0 Å². The lowest BCUT2D eigenvalue weighted by Crippen LogP contribution is -2.23. The van der Waals surface area contributed by atoms with Gasteiger partial charge in [0, 0.05) is 57.9 Å². The Kier molecular flexibility index (Phi) is 19.6. The van der Waals surface area contributed by atoms with Crippen molar-refractivity contribution in [1.82, 2.24) is 0 Å². The van der Waals surface area contributed by atoms with Crippen LogP contribution in [0.25, 0.3) is 0 Å². The smallest absolute Gasteiger partial charge is 0.342 e. The van der Waals surface area contributed by atoms with Crippen LogP contribution in [0.1, 0.15) is 54.1 Å². The van der Waals surface area contributed by atoms with Gasteiger partial charge in [-0.25, -0.2) is 9.59 Å². The van der Waals surface area contributed by atoms with Crippen LogP contribution in [-0.4, -0.2) is 112 Å². The molecule has 57 heavy (non-hydrogen) atoms. The molecule has 1 N–H and O–H groups in total. The van der Waals surface area contributed by atoms with E-state index in [0.29, 0.717) is 71.9 Å². The average molecular weight is 938 g/mol. The van der Waals surface area contributed by atoms with Crippen LogP contribution in [0.5, 0.6) is 23.0 Å². The Morgan fingerprint density at radius 2 is 1.05 bits per heavy atom. The van der Waals surface area contributed by atoms with Crippen molar-refractivity contribution in [3.63, 3.8) is 0 Å². The molecule has 0 spiro atoms. The number of methoxy groups -OCH3 is 2. The van der Waals surface area contributed by atoms with E-state index in [1.807, 2.05) is 13.8 Å². The van der Waals surface area contributed by atoms with Gasteiger partial charge < -0.3 is 47.4 Å². The second kappa shape index (κ2) is 21.9. The van der Waals surface area contributed by atoms with E-state index in [2.05, 4.69) is 55.2 Å². The summed E-state index contributed by atoms with van der Waals surface area (Å²) in [4.78, 5) is 24.6. The van der Waals surface area contributed by atoms with Crippen LogP contribution in [0, 0.1) is 13.8 Å². The summed E-state index contributed by atoms with van der Waals surface area (Å²) >= 11 is 3.11. The molecule has 0 saturated heterocycles. The highest BCUT2D eigenvalue weighted by Gasteiger charge is 2.35. The molecule has 12 nitrogen and oxygen atoms in total. The van der Waals surface area contributed by atoms with E-state index in [1.54, 1.807) is 40.9 Å². The predicted molar refractivity (Wildman–Crippen MR) is 239 cm³/mol. The summed E-state index contributed by atoms with van der Waals surface area (Å²) < 4.78 is 61.9. The van der Waals surface area contributed by atoms with Gasteiger partial charge in [0.15, 0.2) is 0 Å². The van der Waals surface area contributed by atoms with Gasteiger partial charge in [0.05, 0.1) is 52.6 Å². The van der Waals surface area contributed by atoms with Crippen LogP contribution in [0.2, 0.25) is 51.4 Å². The zero-order valence-corrected chi connectivity index (χ0v) is 42.1. The van der Waals surface area contributed by atoms with Crippen molar-refractivity contribution < 1.29 is 57.0 Å². The number of cyclic esters (lactones) is 2. The molecule has 2 heterocycles. The van der Waals surface area contributed by atoms with Gasteiger partial charge >= 0.3 is 11.9 Å². The molecule has 0 unspecified atom stereocenters. The fourth-order valence-corrected chi connectivity index (χ4v) is 7.91. The molecule has 2 aromatic rings. The van der Waals surface area contributed by atoms with Crippen LogP contribution in [0.15, 0.2) is 0 Å². The predicted octanol–water partition coefficient (Wildman–Crippen LogP) is 9.42. The van der Waals surface area contributed by atoms with Gasteiger partial charge in [-0.05, 0) is 63.7 Å². The molecule has 2 aromatic carbocycles. The van der Waals surface area contributed by atoms with E-state index in [4.69, 9.17) is 33.2 Å². The molecule has 0 radical (unpaired) electrons. The van der Waals surface area contributed by atoms with Crippen molar-refractivity contribution in [1.29, 1.82) is 0 Å². The van der Waals surface area contributed by atoms with Crippen LogP contribution in [-0.2, 0) is 49.4 Å². The SMILES string of the molecule is COc1c(C)c2c(c(OCC[Si](C)(C)C)c1CCO)C(=O)OC2.COc1c(C)c2c(c(OCC[Si](C)(C)C)c1CCOCP(C)(C)=O)C(=O)OC2.CP(C)(=O)CBr. The zero-order valence-electron chi connectivity index (χ0n) is 36.7. The highest BCUT2D eigenvalue weighted by molar-refractivity contribution is 9.10. The van der Waals surface area contributed by atoms with Gasteiger partial charge in [0.2, 0.25) is 0 Å². The molecule has 0 atom stereocenters. The number of halogens is 1. The summed E-state index contributed by atoms with van der Waals surface area (Å²) in [6.45, 7) is 26.4. The molecular weight excluding hydrogens is 870 g/mol. The number of aliphatic hydroxyl groups is 1. The summed E-state index contributed by atoms with van der Waals surface area (Å²) in [6, 6.07) is 1.98. The third-order valence-electron chi connectivity index (χ3n) is 9.00. The molecule has 0 saturated carbocycles. The van der Waals surface area contributed by atoms with Crippen molar-refractivity contribution >= 4 is 58.3 Å². The Bertz CT molecular complexity index is 1810. The van der Waals surface area contributed by atoms with E-state index >= 15 is 0 Å². The molecule has 324 valence electrons. The summed E-state index contributed by atoms with van der Waals surface area (Å²) in [5.41, 5.74) is 6.03. The van der Waals surface area contributed by atoms with Gasteiger partial charge in [-0.1, -0.05) is 55.2 Å². The summed E-state index contributed by atoms with van der Waals surface area (Å²) in [7, 11) is -3.28. The number of alkyl halides is 1. The van der Waals surface area contributed by atoms with Crippen molar-refractivity contribution in [2.45, 2.75) is 91.3 Å². The molecule has 4 rings (SSSR count). The van der Waals surface area contributed by atoms with Crippen LogP contribution in [0.4, 0.5) is 0 Å². The Hall–Kier alpha value is -2.13. The highest BCUT2D eigenvalue weighted by Crippen LogP contribution is 2.44. The first-order chi connectivity index (χ1) is 26.3. The number of hydrogen-bond donors (Lipinski definition) is 1. The van der Waals surface area contributed by atoms with Gasteiger partial charge in [-0.3, -0.25) is 0 Å². The minimum Gasteiger partial charge on any atom is -0.496 e. The van der Waals surface area contributed by atoms with Crippen molar-refractivity contribution in [3.8, 4) is 23.0 Å². The maximum Gasteiger partial charge on any atom is 0.342 e. The molecule has 0 fully saturated rings. The van der Waals surface area contributed by atoms with E-state index in [-0.39, 0.29) is 38.1 Å². The molecule has 17 heteroatoms. The standard InChI is InChI=1S/C20H33O6PSi.C17H26O5Si.C3H8BrOP/c1-14-16-12-26-20(21)17(16)19(25-10-11-28(5,6)7)15(18(14)23-2)8-9-24-13-27(3,4)22;1-11-13-10-22-17(19)14(13)16(21-8-9-23(3,4)5)12(6-7-18)15(11)20-2;1-6(2,5)3-4/h8-13H2,1-7H3;18H,6-10H2,1-5H3;3H2,1-2H3. The number of esters is 2. The lowest BCUT2D eigenvalue weighted by molar-refractivity contribution is 0.0522. The third-order valence-corrected chi connectivity index (χ3v) is 17.4.